The Balaban J connectivity index is 2.01. The van der Waals surface area contributed by atoms with Gasteiger partial charge in [-0.2, -0.15) is 18.2 Å². The van der Waals surface area contributed by atoms with Crippen LogP contribution in [0.3, 0.4) is 0 Å². The van der Waals surface area contributed by atoms with Gasteiger partial charge in [0.15, 0.2) is 5.96 Å². The molecule has 158 valence electrons. The number of halogens is 3. The van der Waals surface area contributed by atoms with Gasteiger partial charge in [0.05, 0.1) is 11.1 Å². The fourth-order valence-corrected chi connectivity index (χ4v) is 2.91. The second kappa shape index (κ2) is 8.46. The Morgan fingerprint density at radius 3 is 2.60 bits per heavy atom. The molecule has 0 atom stereocenters. The molecular weight excluding hydrogens is 399 g/mol. The minimum absolute atomic E-state index is 0.0429. The summed E-state index contributed by atoms with van der Waals surface area (Å²) in [5, 5.41) is 2.28. The summed E-state index contributed by atoms with van der Waals surface area (Å²) >= 11 is 0. The Morgan fingerprint density at radius 2 is 1.93 bits per heavy atom. The second-order valence-electron chi connectivity index (χ2n) is 6.45. The number of fused-ring (bicyclic) bond motifs is 1. The minimum atomic E-state index is -4.61. The number of hydrogen-bond acceptors (Lipinski definition) is 3. The van der Waals surface area contributed by atoms with E-state index in [1.807, 2.05) is 24.3 Å². The molecule has 7 nitrogen and oxygen atoms in total. The predicted molar refractivity (Wildman–Crippen MR) is 107 cm³/mol. The Kier molecular flexibility index (Phi) is 5.97. The summed E-state index contributed by atoms with van der Waals surface area (Å²) in [5.41, 5.74) is 11.8. The van der Waals surface area contributed by atoms with E-state index in [9.17, 15) is 18.0 Å². The molecule has 2 aromatic carbocycles. The molecule has 1 aromatic heterocycles. The van der Waals surface area contributed by atoms with Crippen LogP contribution in [0, 0.1) is 0 Å². The van der Waals surface area contributed by atoms with Crippen molar-refractivity contribution in [3.8, 4) is 5.75 Å². The minimum Gasteiger partial charge on any atom is -0.487 e. The van der Waals surface area contributed by atoms with Crippen molar-refractivity contribution in [3.63, 3.8) is 0 Å². The molecule has 10 heteroatoms. The average molecular weight is 419 g/mol. The molecule has 6 N–H and O–H groups in total. The molecule has 1 heterocycles. The molecule has 30 heavy (non-hydrogen) atoms. The van der Waals surface area contributed by atoms with Crippen molar-refractivity contribution in [1.82, 2.24) is 10.3 Å². The molecular formula is C20H20F3N5O2. The molecule has 0 unspecified atom stereocenters. The lowest BCUT2D eigenvalue weighted by atomic mass is 10.1. The zero-order valence-electron chi connectivity index (χ0n) is 16.0. The molecule has 0 aliphatic heterocycles. The van der Waals surface area contributed by atoms with Crippen LogP contribution >= 0.6 is 0 Å². The lowest BCUT2D eigenvalue weighted by molar-refractivity contribution is -0.136. The lowest BCUT2D eigenvalue weighted by Crippen LogP contribution is -2.28. The fraction of sp³-hybridized carbons (Fsp3) is 0.200. The Labute approximate surface area is 169 Å². The fourth-order valence-electron chi connectivity index (χ4n) is 2.91. The summed E-state index contributed by atoms with van der Waals surface area (Å²) in [6, 6.07) is 10.6. The molecule has 0 aliphatic carbocycles. The van der Waals surface area contributed by atoms with Crippen LogP contribution in [0.4, 0.5) is 13.2 Å². The van der Waals surface area contributed by atoms with Crippen molar-refractivity contribution in [2.24, 2.45) is 16.5 Å². The number of carbonyl (C=O) groups excluding carboxylic acids is 1. The molecule has 0 aliphatic rings. The van der Waals surface area contributed by atoms with Crippen molar-refractivity contribution in [1.29, 1.82) is 0 Å². The Hall–Kier alpha value is -3.53. The topological polar surface area (TPSA) is 119 Å². The number of ether oxygens (including phenoxy) is 1. The van der Waals surface area contributed by atoms with E-state index in [2.05, 4.69) is 15.3 Å². The molecule has 0 saturated carbocycles. The van der Waals surface area contributed by atoms with Crippen LogP contribution in [0.15, 0.2) is 47.5 Å². The number of hydrogen-bond donors (Lipinski definition) is 4. The van der Waals surface area contributed by atoms with E-state index < -0.39 is 17.6 Å². The third-order valence-electron chi connectivity index (χ3n) is 4.39. The van der Waals surface area contributed by atoms with Gasteiger partial charge in [-0.25, -0.2) is 0 Å². The molecule has 1 amide bonds. The number of aliphatic imine (C=N–C) groups is 1. The number of alkyl halides is 3. The van der Waals surface area contributed by atoms with Crippen LogP contribution in [-0.2, 0) is 19.3 Å². The first kappa shape index (κ1) is 21.2. The Morgan fingerprint density at radius 1 is 1.20 bits per heavy atom. The maximum atomic E-state index is 13.4. The Bertz CT molecular complexity index is 1110. The van der Waals surface area contributed by atoms with Crippen LogP contribution in [0.2, 0.25) is 0 Å². The summed E-state index contributed by atoms with van der Waals surface area (Å²) in [5.74, 6) is -0.806. The van der Waals surface area contributed by atoms with E-state index in [1.165, 1.54) is 13.1 Å². The van der Waals surface area contributed by atoms with Gasteiger partial charge in [0, 0.05) is 19.0 Å². The first-order valence-electron chi connectivity index (χ1n) is 8.92. The first-order chi connectivity index (χ1) is 14.2. The summed E-state index contributed by atoms with van der Waals surface area (Å²) in [6.45, 7) is 0.470. The van der Waals surface area contributed by atoms with Crippen molar-refractivity contribution < 1.29 is 22.7 Å². The van der Waals surface area contributed by atoms with Crippen LogP contribution in [0.5, 0.6) is 5.75 Å². The summed E-state index contributed by atoms with van der Waals surface area (Å²) in [7, 11) is 1.46. The van der Waals surface area contributed by atoms with Crippen molar-refractivity contribution in [2.45, 2.75) is 19.3 Å². The summed E-state index contributed by atoms with van der Waals surface area (Å²) < 4.78 is 46.1. The van der Waals surface area contributed by atoms with E-state index in [-0.39, 0.29) is 34.9 Å². The smallest absolute Gasteiger partial charge is 0.417 e. The predicted octanol–water partition coefficient (Wildman–Crippen LogP) is 2.90. The standard InChI is InChI=1S/C20H20F3N5O2/c1-26-19(25)28-18(29)15-8-13-14(20(21,22)23)5-6-16(17(13)27-15)30-10-12-4-2-3-11(7-12)9-24/h2-8,27H,9-10,24H2,1H3,(H3,25,26,28,29). The molecule has 3 rings (SSSR count). The molecule has 0 spiro atoms. The van der Waals surface area contributed by atoms with Crippen molar-refractivity contribution >= 4 is 22.8 Å². The van der Waals surface area contributed by atoms with Crippen LogP contribution < -0.4 is 21.5 Å². The van der Waals surface area contributed by atoms with Crippen molar-refractivity contribution in [3.05, 3.63) is 64.8 Å². The number of aromatic amines is 1. The van der Waals surface area contributed by atoms with Gasteiger partial charge in [0.1, 0.15) is 18.1 Å². The number of H-pyrrole nitrogens is 1. The average Bonchev–Trinajstić information content (AvgIpc) is 3.16. The SMILES string of the molecule is CNC(N)=NC(=O)c1cc2c(C(F)(F)F)ccc(OCc3cccc(CN)c3)c2[nH]1. The monoisotopic (exact) mass is 419 g/mol. The number of amides is 1. The number of carbonyl (C=O) groups is 1. The highest BCUT2D eigenvalue weighted by Gasteiger charge is 2.34. The summed E-state index contributed by atoms with van der Waals surface area (Å²) in [4.78, 5) is 18.5. The van der Waals surface area contributed by atoms with Gasteiger partial charge in [0.25, 0.3) is 5.91 Å². The van der Waals surface area contributed by atoms with Gasteiger partial charge in [-0.1, -0.05) is 24.3 Å². The lowest BCUT2D eigenvalue weighted by Gasteiger charge is -2.12. The molecule has 0 saturated heterocycles. The van der Waals surface area contributed by atoms with Crippen LogP contribution in [0.25, 0.3) is 10.9 Å². The quantitative estimate of drug-likeness (QED) is 0.375. The largest absolute Gasteiger partial charge is 0.487 e. The van der Waals surface area contributed by atoms with Crippen LogP contribution in [-0.4, -0.2) is 23.9 Å². The van der Waals surface area contributed by atoms with E-state index >= 15 is 0 Å². The highest BCUT2D eigenvalue weighted by atomic mass is 19.4. The highest BCUT2D eigenvalue weighted by molar-refractivity contribution is 6.05. The van der Waals surface area contributed by atoms with Crippen molar-refractivity contribution in [2.75, 3.05) is 7.05 Å². The molecule has 0 bridgehead atoms. The third kappa shape index (κ3) is 4.54. The van der Waals surface area contributed by atoms with Crippen LogP contribution in [0.1, 0.15) is 27.2 Å². The van der Waals surface area contributed by atoms with E-state index in [0.717, 1.165) is 23.3 Å². The number of guanidine groups is 1. The molecule has 0 fully saturated rings. The number of benzene rings is 2. The van der Waals surface area contributed by atoms with Gasteiger partial charge >= 0.3 is 6.18 Å². The van der Waals surface area contributed by atoms with E-state index in [1.54, 1.807) is 0 Å². The van der Waals surface area contributed by atoms with E-state index in [4.69, 9.17) is 16.2 Å². The summed E-state index contributed by atoms with van der Waals surface area (Å²) in [6.07, 6.45) is -4.61. The van der Waals surface area contributed by atoms with Gasteiger partial charge in [-0.3, -0.25) is 4.79 Å². The zero-order chi connectivity index (χ0) is 21.9. The molecule has 3 aromatic rings. The van der Waals surface area contributed by atoms with Gasteiger partial charge < -0.3 is 26.5 Å². The maximum absolute atomic E-state index is 13.4. The second-order valence-corrected chi connectivity index (χ2v) is 6.45. The van der Waals surface area contributed by atoms with Gasteiger partial charge in [-0.15, -0.1) is 0 Å². The number of nitrogens with one attached hydrogen (secondary N) is 2. The number of aromatic nitrogens is 1. The molecule has 0 radical (unpaired) electrons. The number of rotatable bonds is 5. The zero-order valence-corrected chi connectivity index (χ0v) is 16.0. The van der Waals surface area contributed by atoms with Gasteiger partial charge in [0.2, 0.25) is 0 Å². The third-order valence-corrected chi connectivity index (χ3v) is 4.39. The van der Waals surface area contributed by atoms with Gasteiger partial charge in [-0.05, 0) is 29.3 Å². The maximum Gasteiger partial charge on any atom is 0.417 e. The normalized spacial score (nSPS) is 12.2. The highest BCUT2D eigenvalue weighted by Crippen LogP contribution is 2.38. The first-order valence-corrected chi connectivity index (χ1v) is 8.92. The number of nitrogens with two attached hydrogens (primary N) is 2. The van der Waals surface area contributed by atoms with E-state index in [0.29, 0.717) is 6.54 Å². The number of nitrogens with zero attached hydrogens (tertiary/aromatic N) is 1.